The predicted molar refractivity (Wildman–Crippen MR) is 96.3 cm³/mol. The van der Waals surface area contributed by atoms with Crippen molar-refractivity contribution < 1.29 is 9.18 Å². The Balaban J connectivity index is 0.00000208. The standard InChI is InChI=1S/C18H18ClFN2O.ClH/c19-14-6-7-17(20)15(8-14)18(23)22-10-13(9-21)16(11-22)12-4-2-1-3-5-12;/h1-8,13,16H,9-11,21H2;1H/t13-,16+;/m1./s1. The lowest BCUT2D eigenvalue weighted by Gasteiger charge is -2.17. The summed E-state index contributed by atoms with van der Waals surface area (Å²) in [7, 11) is 0. The van der Waals surface area contributed by atoms with Crippen LogP contribution in [0.3, 0.4) is 0 Å². The molecule has 3 nitrogen and oxygen atoms in total. The molecule has 0 aliphatic carbocycles. The number of hydrogen-bond donors (Lipinski definition) is 1. The highest BCUT2D eigenvalue weighted by Gasteiger charge is 2.36. The zero-order valence-electron chi connectivity index (χ0n) is 13.0. The minimum atomic E-state index is -0.549. The molecule has 0 unspecified atom stereocenters. The van der Waals surface area contributed by atoms with Crippen molar-refractivity contribution in [2.24, 2.45) is 11.7 Å². The molecule has 1 saturated heterocycles. The first-order chi connectivity index (χ1) is 11.1. The lowest BCUT2D eigenvalue weighted by atomic mass is 9.89. The number of hydrogen-bond acceptors (Lipinski definition) is 2. The Bertz CT molecular complexity index is 711. The highest BCUT2D eigenvalue weighted by Crippen LogP contribution is 2.33. The molecule has 1 amide bonds. The van der Waals surface area contributed by atoms with Crippen LogP contribution >= 0.6 is 24.0 Å². The van der Waals surface area contributed by atoms with Crippen molar-refractivity contribution >= 4 is 29.9 Å². The summed E-state index contributed by atoms with van der Waals surface area (Å²) in [5.74, 6) is -0.537. The van der Waals surface area contributed by atoms with Gasteiger partial charge in [0.05, 0.1) is 5.56 Å². The summed E-state index contributed by atoms with van der Waals surface area (Å²) in [4.78, 5) is 14.3. The van der Waals surface area contributed by atoms with Gasteiger partial charge >= 0.3 is 0 Å². The Labute approximate surface area is 152 Å². The summed E-state index contributed by atoms with van der Waals surface area (Å²) in [5.41, 5.74) is 7.06. The van der Waals surface area contributed by atoms with E-state index in [1.54, 1.807) is 4.90 Å². The van der Waals surface area contributed by atoms with E-state index in [4.69, 9.17) is 17.3 Å². The molecule has 1 aliphatic heterocycles. The minimum absolute atomic E-state index is 0. The molecule has 3 rings (SSSR count). The molecule has 2 atom stereocenters. The van der Waals surface area contributed by atoms with Crippen molar-refractivity contribution in [2.75, 3.05) is 19.6 Å². The van der Waals surface area contributed by atoms with Gasteiger partial charge in [0.2, 0.25) is 0 Å². The molecule has 1 fully saturated rings. The van der Waals surface area contributed by atoms with Gasteiger partial charge < -0.3 is 10.6 Å². The topological polar surface area (TPSA) is 46.3 Å². The van der Waals surface area contributed by atoms with Crippen molar-refractivity contribution in [3.8, 4) is 0 Å². The number of nitrogens with zero attached hydrogens (tertiary/aromatic N) is 1. The van der Waals surface area contributed by atoms with E-state index in [1.807, 2.05) is 30.3 Å². The zero-order valence-corrected chi connectivity index (χ0v) is 14.6. The molecule has 0 saturated carbocycles. The van der Waals surface area contributed by atoms with E-state index >= 15 is 0 Å². The zero-order chi connectivity index (χ0) is 16.4. The number of nitrogens with two attached hydrogens (primary N) is 1. The van der Waals surface area contributed by atoms with Crippen LogP contribution in [0.1, 0.15) is 21.8 Å². The fraction of sp³-hybridized carbons (Fsp3) is 0.278. The second-order valence-electron chi connectivity index (χ2n) is 5.85. The minimum Gasteiger partial charge on any atom is -0.338 e. The third kappa shape index (κ3) is 3.72. The van der Waals surface area contributed by atoms with Crippen LogP contribution in [0.2, 0.25) is 5.02 Å². The van der Waals surface area contributed by atoms with Gasteiger partial charge in [0.15, 0.2) is 0 Å². The van der Waals surface area contributed by atoms with Crippen LogP contribution in [0.25, 0.3) is 0 Å². The van der Waals surface area contributed by atoms with Gasteiger partial charge in [-0.2, -0.15) is 0 Å². The molecule has 2 aromatic rings. The van der Waals surface area contributed by atoms with E-state index in [1.165, 1.54) is 18.2 Å². The number of carbonyl (C=O) groups is 1. The van der Waals surface area contributed by atoms with Gasteiger partial charge in [-0.15, -0.1) is 12.4 Å². The van der Waals surface area contributed by atoms with Crippen molar-refractivity contribution in [1.82, 2.24) is 4.90 Å². The molecule has 2 aromatic carbocycles. The lowest BCUT2D eigenvalue weighted by Crippen LogP contribution is -2.30. The summed E-state index contributed by atoms with van der Waals surface area (Å²) in [5, 5.41) is 0.351. The Morgan fingerprint density at radius 1 is 1.21 bits per heavy atom. The maximum absolute atomic E-state index is 13.9. The van der Waals surface area contributed by atoms with Gasteiger partial charge in [0, 0.05) is 24.0 Å². The Morgan fingerprint density at radius 2 is 1.92 bits per heavy atom. The number of amides is 1. The van der Waals surface area contributed by atoms with Crippen LogP contribution in [-0.2, 0) is 0 Å². The lowest BCUT2D eigenvalue weighted by molar-refractivity contribution is 0.0782. The number of rotatable bonds is 3. The fourth-order valence-electron chi connectivity index (χ4n) is 3.19. The van der Waals surface area contributed by atoms with Gasteiger partial charge in [-0.1, -0.05) is 41.9 Å². The third-order valence-corrected chi connectivity index (χ3v) is 4.65. The van der Waals surface area contributed by atoms with Crippen LogP contribution < -0.4 is 5.73 Å². The molecule has 24 heavy (non-hydrogen) atoms. The molecule has 0 radical (unpaired) electrons. The van der Waals surface area contributed by atoms with Gasteiger partial charge in [-0.25, -0.2) is 4.39 Å². The summed E-state index contributed by atoms with van der Waals surface area (Å²) < 4.78 is 13.9. The molecule has 0 aromatic heterocycles. The maximum Gasteiger partial charge on any atom is 0.256 e. The van der Waals surface area contributed by atoms with Crippen LogP contribution in [0.15, 0.2) is 48.5 Å². The van der Waals surface area contributed by atoms with E-state index in [0.29, 0.717) is 24.7 Å². The van der Waals surface area contributed by atoms with Gasteiger partial charge in [-0.3, -0.25) is 4.79 Å². The predicted octanol–water partition coefficient (Wildman–Crippen LogP) is 3.72. The van der Waals surface area contributed by atoms with Crippen LogP contribution in [0.5, 0.6) is 0 Å². The quantitative estimate of drug-likeness (QED) is 0.897. The molecule has 1 heterocycles. The Kier molecular flexibility index (Phi) is 6.21. The molecule has 0 bridgehead atoms. The largest absolute Gasteiger partial charge is 0.338 e. The fourth-order valence-corrected chi connectivity index (χ4v) is 3.36. The average Bonchev–Trinajstić information content (AvgIpc) is 3.01. The van der Waals surface area contributed by atoms with Crippen molar-refractivity contribution in [1.29, 1.82) is 0 Å². The van der Waals surface area contributed by atoms with E-state index < -0.39 is 5.82 Å². The monoisotopic (exact) mass is 368 g/mol. The second kappa shape index (κ2) is 7.97. The molecule has 6 heteroatoms. The van der Waals surface area contributed by atoms with Crippen molar-refractivity contribution in [3.05, 3.63) is 70.5 Å². The second-order valence-corrected chi connectivity index (χ2v) is 6.28. The van der Waals surface area contributed by atoms with Crippen LogP contribution in [0, 0.1) is 11.7 Å². The molecule has 1 aliphatic rings. The van der Waals surface area contributed by atoms with Crippen molar-refractivity contribution in [3.63, 3.8) is 0 Å². The normalized spacial score (nSPS) is 19.9. The summed E-state index contributed by atoms with van der Waals surface area (Å²) in [6, 6.07) is 14.0. The smallest absolute Gasteiger partial charge is 0.256 e. The Hall–Kier alpha value is -1.62. The summed E-state index contributed by atoms with van der Waals surface area (Å²) in [6.07, 6.45) is 0. The van der Waals surface area contributed by atoms with E-state index in [9.17, 15) is 9.18 Å². The summed E-state index contributed by atoms with van der Waals surface area (Å²) >= 11 is 5.89. The van der Waals surface area contributed by atoms with Crippen molar-refractivity contribution in [2.45, 2.75) is 5.92 Å². The molecule has 2 N–H and O–H groups in total. The number of likely N-dealkylation sites (tertiary alicyclic amines) is 1. The van der Waals surface area contributed by atoms with E-state index in [-0.39, 0.29) is 35.7 Å². The first-order valence-electron chi connectivity index (χ1n) is 7.59. The van der Waals surface area contributed by atoms with Gasteiger partial charge in [-0.05, 0) is 36.2 Å². The average molecular weight is 369 g/mol. The maximum atomic E-state index is 13.9. The molecular formula is C18H19Cl2FN2O. The first-order valence-corrected chi connectivity index (χ1v) is 7.97. The Morgan fingerprint density at radius 3 is 2.58 bits per heavy atom. The third-order valence-electron chi connectivity index (χ3n) is 4.42. The highest BCUT2D eigenvalue weighted by molar-refractivity contribution is 6.31. The van der Waals surface area contributed by atoms with E-state index in [2.05, 4.69) is 0 Å². The first kappa shape index (κ1) is 18.7. The van der Waals surface area contributed by atoms with Gasteiger partial charge in [0.1, 0.15) is 5.82 Å². The molecule has 128 valence electrons. The number of benzene rings is 2. The summed E-state index contributed by atoms with van der Waals surface area (Å²) in [6.45, 7) is 1.55. The highest BCUT2D eigenvalue weighted by atomic mass is 35.5. The SMILES string of the molecule is Cl.NC[C@@H]1CN(C(=O)c2cc(Cl)ccc2F)C[C@H]1c1ccccc1. The van der Waals surface area contributed by atoms with Gasteiger partial charge in [0.25, 0.3) is 5.91 Å². The van der Waals surface area contributed by atoms with E-state index in [0.717, 1.165) is 5.56 Å². The van der Waals surface area contributed by atoms with Crippen LogP contribution in [0.4, 0.5) is 4.39 Å². The van der Waals surface area contributed by atoms with Crippen LogP contribution in [-0.4, -0.2) is 30.4 Å². The molecule has 0 spiro atoms. The number of halogens is 3. The molecular weight excluding hydrogens is 350 g/mol. The number of carbonyl (C=O) groups excluding carboxylic acids is 1.